The van der Waals surface area contributed by atoms with E-state index >= 15 is 0 Å². The first-order chi connectivity index (χ1) is 6.83. The second kappa shape index (κ2) is 7.09. The van der Waals surface area contributed by atoms with Crippen LogP contribution in [0.1, 0.15) is 0 Å². The molecule has 0 radical (unpaired) electrons. The topological polar surface area (TPSA) is 41.6 Å². The molecule has 4 nitrogen and oxygen atoms in total. The van der Waals surface area contributed by atoms with Gasteiger partial charge in [-0.1, -0.05) is 0 Å². The number of methoxy groups -OCH3 is 1. The monoisotopic (exact) mass is 218 g/mol. The Morgan fingerprint density at radius 1 is 1.50 bits per heavy atom. The van der Waals surface area contributed by atoms with E-state index in [0.717, 1.165) is 13.1 Å². The van der Waals surface area contributed by atoms with Crippen LogP contribution in [0.5, 0.6) is 0 Å². The molecule has 1 aliphatic heterocycles. The van der Waals surface area contributed by atoms with E-state index in [1.54, 1.807) is 0 Å². The van der Waals surface area contributed by atoms with E-state index in [-0.39, 0.29) is 5.97 Å². The van der Waals surface area contributed by atoms with Gasteiger partial charge in [-0.2, -0.15) is 11.8 Å². The third-order valence-electron chi connectivity index (χ3n) is 2.21. The lowest BCUT2D eigenvalue weighted by Crippen LogP contribution is -2.38. The maximum atomic E-state index is 10.8. The lowest BCUT2D eigenvalue weighted by Gasteiger charge is -2.25. The molecule has 0 bridgehead atoms. The molecule has 0 aromatic carbocycles. The molecule has 0 aromatic heterocycles. The van der Waals surface area contributed by atoms with Crippen LogP contribution in [0.2, 0.25) is 0 Å². The molecule has 0 atom stereocenters. The van der Waals surface area contributed by atoms with Gasteiger partial charge >= 0.3 is 5.97 Å². The third kappa shape index (κ3) is 4.83. The Labute approximate surface area is 89.4 Å². The van der Waals surface area contributed by atoms with Gasteiger partial charge in [-0.15, -0.1) is 0 Å². The summed E-state index contributed by atoms with van der Waals surface area (Å²) >= 11 is 2.01. The summed E-state index contributed by atoms with van der Waals surface area (Å²) in [7, 11) is 1.41. The first-order valence-electron chi connectivity index (χ1n) is 4.90. The van der Waals surface area contributed by atoms with Crippen LogP contribution in [0, 0.1) is 0 Å². The van der Waals surface area contributed by atoms with E-state index in [2.05, 4.69) is 15.0 Å². The number of ether oxygens (including phenoxy) is 1. The zero-order valence-electron chi connectivity index (χ0n) is 8.62. The van der Waals surface area contributed by atoms with Crippen molar-refractivity contribution in [1.82, 2.24) is 10.2 Å². The van der Waals surface area contributed by atoms with Crippen molar-refractivity contribution >= 4 is 17.7 Å². The van der Waals surface area contributed by atoms with Gasteiger partial charge in [0.25, 0.3) is 0 Å². The van der Waals surface area contributed by atoms with Crippen molar-refractivity contribution in [2.24, 2.45) is 0 Å². The van der Waals surface area contributed by atoms with Crippen LogP contribution in [-0.2, 0) is 9.53 Å². The minimum atomic E-state index is -0.195. The van der Waals surface area contributed by atoms with Crippen LogP contribution in [-0.4, -0.2) is 62.2 Å². The van der Waals surface area contributed by atoms with E-state index in [0.29, 0.717) is 6.54 Å². The summed E-state index contributed by atoms with van der Waals surface area (Å²) in [4.78, 5) is 13.2. The fourth-order valence-corrected chi connectivity index (χ4v) is 2.30. The maximum Gasteiger partial charge on any atom is 0.319 e. The van der Waals surface area contributed by atoms with E-state index in [1.165, 1.54) is 31.7 Å². The lowest BCUT2D eigenvalue weighted by molar-refractivity contribution is -0.139. The second-order valence-corrected chi connectivity index (χ2v) is 4.43. The van der Waals surface area contributed by atoms with Gasteiger partial charge < -0.3 is 15.0 Å². The molecule has 0 unspecified atom stereocenters. The summed E-state index contributed by atoms with van der Waals surface area (Å²) in [5, 5.41) is 3.06. The van der Waals surface area contributed by atoms with Gasteiger partial charge in [0.2, 0.25) is 0 Å². The van der Waals surface area contributed by atoms with Crippen molar-refractivity contribution in [3.8, 4) is 0 Å². The second-order valence-electron chi connectivity index (χ2n) is 3.21. The molecular formula is C9H18N2O2S. The number of hydrogen-bond donors (Lipinski definition) is 1. The molecule has 5 heteroatoms. The fourth-order valence-electron chi connectivity index (χ4n) is 1.32. The number of thioether (sulfide) groups is 1. The van der Waals surface area contributed by atoms with Gasteiger partial charge in [0.05, 0.1) is 13.7 Å². The number of esters is 1. The molecule has 1 N–H and O–H groups in total. The summed E-state index contributed by atoms with van der Waals surface area (Å²) < 4.78 is 4.52. The third-order valence-corrected chi connectivity index (χ3v) is 3.15. The molecule has 1 heterocycles. The first kappa shape index (κ1) is 11.8. The number of carbonyl (C=O) groups is 1. The molecule has 1 saturated heterocycles. The molecule has 1 aliphatic rings. The fraction of sp³-hybridized carbons (Fsp3) is 0.889. The quantitative estimate of drug-likeness (QED) is 0.511. The van der Waals surface area contributed by atoms with E-state index in [9.17, 15) is 4.79 Å². The number of carbonyl (C=O) groups excluding carboxylic acids is 1. The largest absolute Gasteiger partial charge is 0.468 e. The molecule has 0 amide bonds. The van der Waals surface area contributed by atoms with E-state index in [4.69, 9.17) is 0 Å². The molecule has 0 saturated carbocycles. The predicted molar refractivity (Wildman–Crippen MR) is 58.7 cm³/mol. The van der Waals surface area contributed by atoms with Gasteiger partial charge in [-0.25, -0.2) is 0 Å². The van der Waals surface area contributed by atoms with Crippen molar-refractivity contribution in [1.29, 1.82) is 0 Å². The van der Waals surface area contributed by atoms with Crippen LogP contribution < -0.4 is 5.32 Å². The standard InChI is InChI=1S/C9H18N2O2S/c1-13-9(12)8-10-2-3-11-4-6-14-7-5-11/h10H,2-8H2,1H3. The summed E-state index contributed by atoms with van der Waals surface area (Å²) in [6.45, 7) is 4.55. The number of nitrogens with zero attached hydrogens (tertiary/aromatic N) is 1. The van der Waals surface area contributed by atoms with Gasteiger partial charge in [0.1, 0.15) is 0 Å². The Morgan fingerprint density at radius 2 is 2.21 bits per heavy atom. The zero-order valence-corrected chi connectivity index (χ0v) is 9.44. The summed E-state index contributed by atoms with van der Waals surface area (Å²) in [6.07, 6.45) is 0. The smallest absolute Gasteiger partial charge is 0.319 e. The normalized spacial score (nSPS) is 18.1. The highest BCUT2D eigenvalue weighted by molar-refractivity contribution is 7.99. The van der Waals surface area contributed by atoms with Crippen molar-refractivity contribution in [2.45, 2.75) is 0 Å². The molecule has 1 fully saturated rings. The van der Waals surface area contributed by atoms with Crippen LogP contribution >= 0.6 is 11.8 Å². The first-order valence-corrected chi connectivity index (χ1v) is 6.06. The Bertz CT molecular complexity index is 172. The highest BCUT2D eigenvalue weighted by Gasteiger charge is 2.09. The molecule has 14 heavy (non-hydrogen) atoms. The van der Waals surface area contributed by atoms with Gasteiger partial charge in [0, 0.05) is 37.7 Å². The van der Waals surface area contributed by atoms with Gasteiger partial charge in [0.15, 0.2) is 0 Å². The Balaban J connectivity index is 1.94. The average Bonchev–Trinajstić information content (AvgIpc) is 2.25. The average molecular weight is 218 g/mol. The highest BCUT2D eigenvalue weighted by Crippen LogP contribution is 2.07. The van der Waals surface area contributed by atoms with E-state index in [1.807, 2.05) is 11.8 Å². The predicted octanol–water partition coefficient (Wildman–Crippen LogP) is -0.202. The Hall–Kier alpha value is -0.260. The minimum Gasteiger partial charge on any atom is -0.468 e. The number of rotatable bonds is 5. The summed E-state index contributed by atoms with van der Waals surface area (Å²) in [5.41, 5.74) is 0. The van der Waals surface area contributed by atoms with Crippen LogP contribution in [0.25, 0.3) is 0 Å². The minimum absolute atomic E-state index is 0.195. The molecular weight excluding hydrogens is 200 g/mol. The summed E-state index contributed by atoms with van der Waals surface area (Å²) in [5.74, 6) is 2.27. The van der Waals surface area contributed by atoms with Gasteiger partial charge in [-0.05, 0) is 0 Å². The van der Waals surface area contributed by atoms with Crippen molar-refractivity contribution < 1.29 is 9.53 Å². The molecule has 1 rings (SSSR count). The van der Waals surface area contributed by atoms with Crippen LogP contribution in [0.4, 0.5) is 0 Å². The van der Waals surface area contributed by atoms with Crippen molar-refractivity contribution in [3.05, 3.63) is 0 Å². The van der Waals surface area contributed by atoms with Gasteiger partial charge in [-0.3, -0.25) is 4.79 Å². The molecule has 82 valence electrons. The molecule has 0 aliphatic carbocycles. The Kier molecular flexibility index (Phi) is 5.98. The van der Waals surface area contributed by atoms with Crippen molar-refractivity contribution in [3.63, 3.8) is 0 Å². The number of nitrogens with one attached hydrogen (secondary N) is 1. The molecule has 0 aromatic rings. The highest BCUT2D eigenvalue weighted by atomic mass is 32.2. The van der Waals surface area contributed by atoms with Crippen molar-refractivity contribution in [2.75, 3.05) is 51.3 Å². The Morgan fingerprint density at radius 3 is 2.86 bits per heavy atom. The maximum absolute atomic E-state index is 10.8. The SMILES string of the molecule is COC(=O)CNCCN1CCSCC1. The van der Waals surface area contributed by atoms with Crippen LogP contribution in [0.15, 0.2) is 0 Å². The van der Waals surface area contributed by atoms with Crippen LogP contribution in [0.3, 0.4) is 0 Å². The number of hydrogen-bond acceptors (Lipinski definition) is 5. The lowest BCUT2D eigenvalue weighted by atomic mass is 10.4. The zero-order chi connectivity index (χ0) is 10.2. The molecule has 0 spiro atoms. The van der Waals surface area contributed by atoms with E-state index < -0.39 is 0 Å². The summed E-state index contributed by atoms with van der Waals surface area (Å²) in [6, 6.07) is 0.